The molecule has 1 aromatic carbocycles. The van der Waals surface area contributed by atoms with Crippen molar-refractivity contribution in [1.29, 1.82) is 0 Å². The maximum absolute atomic E-state index is 11.9. The van der Waals surface area contributed by atoms with Crippen LogP contribution < -0.4 is 5.32 Å². The zero-order chi connectivity index (χ0) is 15.3. The first kappa shape index (κ1) is 16.9. The monoisotopic (exact) mass is 362 g/mol. The molecule has 0 aliphatic carbocycles. The first-order chi connectivity index (χ1) is 9.29. The highest BCUT2D eigenvalue weighted by Crippen LogP contribution is 2.21. The fraction of sp³-hybridized carbons (Fsp3) is 0.462. The standard InChI is InChI=1S/C13H16BrClN2O3/c1-8(2)3-10(14)7-16-13(18)9-4-11(15)6-12(5-9)17(19)20/h4-6,8,10H,3,7H2,1-2H3,(H,16,18). The van der Waals surface area contributed by atoms with Gasteiger partial charge in [0.15, 0.2) is 0 Å². The summed E-state index contributed by atoms with van der Waals surface area (Å²) in [6, 6.07) is 3.84. The molecule has 0 bridgehead atoms. The number of nitrogens with zero attached hydrogens (tertiary/aromatic N) is 1. The Kier molecular flexibility index (Phi) is 6.42. The molecule has 1 N–H and O–H groups in total. The van der Waals surface area contributed by atoms with Gasteiger partial charge in [0, 0.05) is 34.1 Å². The second-order valence-electron chi connectivity index (χ2n) is 4.89. The number of nitro groups is 1. The highest BCUT2D eigenvalue weighted by molar-refractivity contribution is 9.09. The van der Waals surface area contributed by atoms with Crippen LogP contribution in [0.2, 0.25) is 5.02 Å². The number of amides is 1. The summed E-state index contributed by atoms with van der Waals surface area (Å²) >= 11 is 9.26. The van der Waals surface area contributed by atoms with Gasteiger partial charge in [0.05, 0.1) is 4.92 Å². The van der Waals surface area contributed by atoms with Crippen LogP contribution in [0.5, 0.6) is 0 Å². The van der Waals surface area contributed by atoms with E-state index in [4.69, 9.17) is 11.6 Å². The van der Waals surface area contributed by atoms with Crippen LogP contribution in [0.1, 0.15) is 30.6 Å². The van der Waals surface area contributed by atoms with Crippen molar-refractivity contribution in [3.05, 3.63) is 38.9 Å². The SMILES string of the molecule is CC(C)CC(Br)CNC(=O)c1cc(Cl)cc([N+](=O)[O-])c1. The number of carbonyl (C=O) groups excluding carboxylic acids is 1. The summed E-state index contributed by atoms with van der Waals surface area (Å²) in [6.07, 6.45) is 0.927. The van der Waals surface area contributed by atoms with Crippen molar-refractivity contribution < 1.29 is 9.72 Å². The maximum atomic E-state index is 11.9. The maximum Gasteiger partial charge on any atom is 0.271 e. The third-order valence-electron chi connectivity index (χ3n) is 2.57. The van der Waals surface area contributed by atoms with Crippen LogP contribution in [0.25, 0.3) is 0 Å². The lowest BCUT2D eigenvalue weighted by Gasteiger charge is -2.13. The fourth-order valence-electron chi connectivity index (χ4n) is 1.71. The van der Waals surface area contributed by atoms with E-state index in [2.05, 4.69) is 35.1 Å². The van der Waals surface area contributed by atoms with E-state index in [0.29, 0.717) is 12.5 Å². The highest BCUT2D eigenvalue weighted by atomic mass is 79.9. The number of nitrogens with one attached hydrogen (secondary N) is 1. The van der Waals surface area contributed by atoms with Crippen molar-refractivity contribution in [3.63, 3.8) is 0 Å². The van der Waals surface area contributed by atoms with Gasteiger partial charge < -0.3 is 5.32 Å². The van der Waals surface area contributed by atoms with Gasteiger partial charge >= 0.3 is 0 Å². The molecule has 1 atom stereocenters. The zero-order valence-corrected chi connectivity index (χ0v) is 13.6. The van der Waals surface area contributed by atoms with E-state index < -0.39 is 4.92 Å². The lowest BCUT2D eigenvalue weighted by atomic mass is 10.1. The summed E-state index contributed by atoms with van der Waals surface area (Å²) in [5.41, 5.74) is -0.00586. The van der Waals surface area contributed by atoms with Crippen molar-refractivity contribution in [1.82, 2.24) is 5.32 Å². The van der Waals surface area contributed by atoms with Gasteiger partial charge in [-0.05, 0) is 18.4 Å². The van der Waals surface area contributed by atoms with Gasteiger partial charge in [-0.25, -0.2) is 0 Å². The minimum absolute atomic E-state index is 0.167. The Bertz CT molecular complexity index is 508. The van der Waals surface area contributed by atoms with Crippen LogP contribution in [0.4, 0.5) is 5.69 Å². The smallest absolute Gasteiger partial charge is 0.271 e. The average molecular weight is 364 g/mol. The van der Waals surface area contributed by atoms with Crippen molar-refractivity contribution >= 4 is 39.1 Å². The largest absolute Gasteiger partial charge is 0.351 e. The molecule has 7 heteroatoms. The number of benzene rings is 1. The number of non-ortho nitro benzene ring substituents is 1. The van der Waals surface area contributed by atoms with Crippen LogP contribution in [-0.4, -0.2) is 22.2 Å². The van der Waals surface area contributed by atoms with Crippen molar-refractivity contribution in [2.75, 3.05) is 6.54 Å². The van der Waals surface area contributed by atoms with E-state index in [0.717, 1.165) is 6.42 Å². The summed E-state index contributed by atoms with van der Waals surface area (Å²) in [7, 11) is 0. The molecule has 0 spiro atoms. The first-order valence-electron chi connectivity index (χ1n) is 6.17. The molecule has 0 radical (unpaired) electrons. The molecule has 1 amide bonds. The first-order valence-corrected chi connectivity index (χ1v) is 7.46. The Morgan fingerprint density at radius 1 is 1.45 bits per heavy atom. The van der Waals surface area contributed by atoms with E-state index in [1.807, 2.05) is 0 Å². The summed E-state index contributed by atoms with van der Waals surface area (Å²) in [5.74, 6) is 0.146. The van der Waals surface area contributed by atoms with Crippen LogP contribution >= 0.6 is 27.5 Å². The third kappa shape index (κ3) is 5.46. The average Bonchev–Trinajstić information content (AvgIpc) is 2.34. The quantitative estimate of drug-likeness (QED) is 0.475. The lowest BCUT2D eigenvalue weighted by Crippen LogP contribution is -2.30. The minimum Gasteiger partial charge on any atom is -0.351 e. The second-order valence-corrected chi connectivity index (χ2v) is 6.62. The minimum atomic E-state index is -0.575. The Morgan fingerprint density at radius 3 is 2.65 bits per heavy atom. The normalized spacial score (nSPS) is 12.2. The molecule has 0 saturated carbocycles. The number of carbonyl (C=O) groups is 1. The van der Waals surface area contributed by atoms with Crippen molar-refractivity contribution in [2.45, 2.75) is 25.1 Å². The molecule has 1 unspecified atom stereocenters. The predicted molar refractivity (Wildman–Crippen MR) is 82.6 cm³/mol. The van der Waals surface area contributed by atoms with Gasteiger partial charge in [0.25, 0.3) is 11.6 Å². The van der Waals surface area contributed by atoms with Crippen molar-refractivity contribution in [2.24, 2.45) is 5.92 Å². The molecular weight excluding hydrogens is 348 g/mol. The summed E-state index contributed by atoms with van der Waals surface area (Å²) in [4.78, 5) is 22.3. The van der Waals surface area contributed by atoms with E-state index in [1.165, 1.54) is 18.2 Å². The summed E-state index contributed by atoms with van der Waals surface area (Å²) < 4.78 is 0. The summed E-state index contributed by atoms with van der Waals surface area (Å²) in [5, 5.41) is 13.6. The van der Waals surface area contributed by atoms with Crippen LogP contribution in [0.3, 0.4) is 0 Å². The van der Waals surface area contributed by atoms with Crippen LogP contribution in [0.15, 0.2) is 18.2 Å². The number of hydrogen-bond acceptors (Lipinski definition) is 3. The molecule has 20 heavy (non-hydrogen) atoms. The molecule has 5 nitrogen and oxygen atoms in total. The molecule has 0 aliphatic rings. The van der Waals surface area contributed by atoms with Crippen LogP contribution in [0, 0.1) is 16.0 Å². The highest BCUT2D eigenvalue weighted by Gasteiger charge is 2.15. The Balaban J connectivity index is 2.70. The van der Waals surface area contributed by atoms with Gasteiger partial charge in [0.2, 0.25) is 0 Å². The molecule has 0 saturated heterocycles. The second kappa shape index (κ2) is 7.59. The lowest BCUT2D eigenvalue weighted by molar-refractivity contribution is -0.384. The van der Waals surface area contributed by atoms with Gasteiger partial charge in [-0.1, -0.05) is 41.4 Å². The Hall–Kier alpha value is -1.14. The predicted octanol–water partition coefficient (Wildman–Crippen LogP) is 3.79. The van der Waals surface area contributed by atoms with E-state index in [-0.39, 0.29) is 27.0 Å². The van der Waals surface area contributed by atoms with Crippen LogP contribution in [-0.2, 0) is 0 Å². The van der Waals surface area contributed by atoms with Gasteiger partial charge in [-0.15, -0.1) is 0 Å². The van der Waals surface area contributed by atoms with Gasteiger partial charge in [0.1, 0.15) is 0 Å². The number of halogens is 2. The Labute approximate surface area is 131 Å². The molecular formula is C13H16BrClN2O3. The molecule has 110 valence electrons. The van der Waals surface area contributed by atoms with Gasteiger partial charge in [-0.2, -0.15) is 0 Å². The van der Waals surface area contributed by atoms with E-state index in [1.54, 1.807) is 0 Å². The zero-order valence-electron chi connectivity index (χ0n) is 11.2. The van der Waals surface area contributed by atoms with Gasteiger partial charge in [-0.3, -0.25) is 14.9 Å². The molecule has 1 aromatic rings. The van der Waals surface area contributed by atoms with E-state index >= 15 is 0 Å². The Morgan fingerprint density at radius 2 is 2.10 bits per heavy atom. The number of rotatable bonds is 6. The number of nitro benzene ring substituents is 1. The fourth-order valence-corrected chi connectivity index (χ4v) is 2.85. The molecule has 0 aromatic heterocycles. The molecule has 1 rings (SSSR count). The third-order valence-corrected chi connectivity index (χ3v) is 3.48. The topological polar surface area (TPSA) is 72.2 Å². The van der Waals surface area contributed by atoms with E-state index in [9.17, 15) is 14.9 Å². The summed E-state index contributed by atoms with van der Waals surface area (Å²) in [6.45, 7) is 4.64. The molecule has 0 aliphatic heterocycles. The number of alkyl halides is 1. The molecule has 0 heterocycles. The molecule has 0 fully saturated rings. The number of hydrogen-bond donors (Lipinski definition) is 1. The van der Waals surface area contributed by atoms with Crippen molar-refractivity contribution in [3.8, 4) is 0 Å².